The monoisotopic (exact) mass is 449 g/mol. The fourth-order valence-electron chi connectivity index (χ4n) is 3.84. The molecule has 3 heterocycles. The first kappa shape index (κ1) is 22.1. The number of hydrogen-bond donors (Lipinski definition) is 1. The van der Waals surface area contributed by atoms with Gasteiger partial charge in [0.15, 0.2) is 5.84 Å². The molecule has 2 aliphatic rings. The number of aliphatic imine (C=N–C) groups is 1. The summed E-state index contributed by atoms with van der Waals surface area (Å²) < 4.78 is 7.92. The highest BCUT2D eigenvalue weighted by Gasteiger charge is 2.35. The van der Waals surface area contributed by atoms with E-state index in [1.54, 1.807) is 6.08 Å². The van der Waals surface area contributed by atoms with Gasteiger partial charge in [-0.3, -0.25) is 10.2 Å². The Morgan fingerprint density at radius 2 is 2.00 bits per heavy atom. The fraction of sp³-hybridized carbons (Fsp3) is 0.333. The van der Waals surface area contributed by atoms with Gasteiger partial charge in [-0.05, 0) is 68.3 Å². The van der Waals surface area contributed by atoms with Gasteiger partial charge in [-0.15, -0.1) is 0 Å². The second kappa shape index (κ2) is 8.78. The summed E-state index contributed by atoms with van der Waals surface area (Å²) in [5.41, 5.74) is 4.01. The molecular formula is C24H27N5O2S. The Kier molecular flexibility index (Phi) is 6.06. The Hall–Kier alpha value is -3.13. The van der Waals surface area contributed by atoms with Crippen molar-refractivity contribution in [2.75, 3.05) is 6.61 Å². The molecule has 2 aliphatic heterocycles. The molecule has 1 aromatic carbocycles. The molecule has 7 nitrogen and oxygen atoms in total. The van der Waals surface area contributed by atoms with E-state index in [2.05, 4.69) is 28.5 Å². The third kappa shape index (κ3) is 4.02. The largest absolute Gasteiger partial charge is 0.492 e. The number of amides is 1. The lowest BCUT2D eigenvalue weighted by Crippen LogP contribution is -2.35. The summed E-state index contributed by atoms with van der Waals surface area (Å²) in [5.74, 6) is 0.890. The number of benzene rings is 1. The lowest BCUT2D eigenvalue weighted by molar-refractivity contribution is -0.114. The van der Waals surface area contributed by atoms with Crippen LogP contribution in [0.4, 0.5) is 0 Å². The smallest absolute Gasteiger partial charge is 0.283 e. The normalized spacial score (nSPS) is 17.2. The van der Waals surface area contributed by atoms with Crippen LogP contribution in [0.3, 0.4) is 0 Å². The van der Waals surface area contributed by atoms with E-state index in [1.807, 2.05) is 51.1 Å². The lowest BCUT2D eigenvalue weighted by atomic mass is 10.1. The van der Waals surface area contributed by atoms with Crippen LogP contribution in [0.5, 0.6) is 5.75 Å². The number of aryl methyl sites for hydroxylation is 1. The number of hydrogen-bond acceptors (Lipinski definition) is 5. The van der Waals surface area contributed by atoms with E-state index in [9.17, 15) is 4.79 Å². The van der Waals surface area contributed by atoms with E-state index in [0.717, 1.165) is 39.9 Å². The number of rotatable bonds is 6. The number of ether oxygens (including phenoxy) is 1. The molecule has 0 bridgehead atoms. The molecular weight excluding hydrogens is 422 g/mol. The molecule has 0 radical (unpaired) electrons. The van der Waals surface area contributed by atoms with Gasteiger partial charge in [0.2, 0.25) is 5.17 Å². The number of para-hydroxylation sites is 2. The van der Waals surface area contributed by atoms with Crippen LogP contribution < -0.4 is 4.74 Å². The Morgan fingerprint density at radius 3 is 2.72 bits per heavy atom. The number of nitrogens with zero attached hydrogens (tertiary/aromatic N) is 4. The van der Waals surface area contributed by atoms with Crippen LogP contribution in [0.25, 0.3) is 11.8 Å². The Bertz CT molecular complexity index is 1190. The van der Waals surface area contributed by atoms with E-state index in [0.29, 0.717) is 17.7 Å². The zero-order chi connectivity index (χ0) is 23.0. The predicted molar refractivity (Wildman–Crippen MR) is 131 cm³/mol. The quantitative estimate of drug-likeness (QED) is 0.618. The summed E-state index contributed by atoms with van der Waals surface area (Å²) in [6.45, 7) is 10.8. The Morgan fingerprint density at radius 1 is 1.25 bits per heavy atom. The van der Waals surface area contributed by atoms with Crippen LogP contribution in [-0.2, 0) is 4.79 Å². The zero-order valence-corrected chi connectivity index (χ0v) is 19.8. The zero-order valence-electron chi connectivity index (χ0n) is 19.0. The van der Waals surface area contributed by atoms with E-state index in [-0.39, 0.29) is 11.4 Å². The number of carbonyl (C=O) groups excluding carboxylic acids is 1. The van der Waals surface area contributed by atoms with Crippen molar-refractivity contribution in [2.24, 2.45) is 16.0 Å². The van der Waals surface area contributed by atoms with Gasteiger partial charge >= 0.3 is 0 Å². The maximum atomic E-state index is 12.8. The van der Waals surface area contributed by atoms with Crippen LogP contribution in [0.15, 0.2) is 46.0 Å². The van der Waals surface area contributed by atoms with Gasteiger partial charge in [-0.25, -0.2) is 0 Å². The van der Waals surface area contributed by atoms with Gasteiger partial charge in [0.1, 0.15) is 10.8 Å². The fourth-order valence-corrected chi connectivity index (χ4v) is 4.94. The number of fused-ring (bicyclic) bond motifs is 1. The molecule has 1 N–H and O–H groups in total. The van der Waals surface area contributed by atoms with Crippen molar-refractivity contribution in [1.29, 1.82) is 5.41 Å². The molecule has 0 saturated carbocycles. The van der Waals surface area contributed by atoms with Crippen molar-refractivity contribution in [3.05, 3.63) is 52.9 Å². The number of aromatic nitrogens is 1. The first-order valence-electron chi connectivity index (χ1n) is 10.7. The number of thioether (sulfide) groups is 1. The first-order valence-corrected chi connectivity index (χ1v) is 11.5. The average Bonchev–Trinajstić information content (AvgIpc) is 3.25. The molecule has 4 rings (SSSR count). The van der Waals surface area contributed by atoms with Crippen molar-refractivity contribution in [1.82, 2.24) is 9.58 Å². The maximum absolute atomic E-state index is 12.8. The van der Waals surface area contributed by atoms with Crippen molar-refractivity contribution in [2.45, 2.75) is 41.0 Å². The van der Waals surface area contributed by atoms with Crippen molar-refractivity contribution < 1.29 is 9.53 Å². The standard InChI is InChI=1S/C24H27N5O2S/c1-6-31-20-10-8-7-9-19(20)28-15(4)12-17(16(28)5)13-18-22(25)29-24(26-23(18)30)32-21(27-29)11-14(2)3/h7-10,12-14,25H,6,11H2,1-5H3/b18-13-,25-22?. The van der Waals surface area contributed by atoms with E-state index >= 15 is 0 Å². The summed E-state index contributed by atoms with van der Waals surface area (Å²) in [5, 5.41) is 16.0. The minimum Gasteiger partial charge on any atom is -0.492 e. The summed E-state index contributed by atoms with van der Waals surface area (Å²) >= 11 is 1.37. The molecule has 0 fully saturated rings. The molecule has 2 aromatic rings. The van der Waals surface area contributed by atoms with Crippen LogP contribution >= 0.6 is 11.8 Å². The van der Waals surface area contributed by atoms with Gasteiger partial charge in [-0.1, -0.05) is 26.0 Å². The summed E-state index contributed by atoms with van der Waals surface area (Å²) in [6.07, 6.45) is 2.54. The second-order valence-electron chi connectivity index (χ2n) is 8.17. The van der Waals surface area contributed by atoms with E-state index in [1.165, 1.54) is 16.8 Å². The summed E-state index contributed by atoms with van der Waals surface area (Å²) in [6, 6.07) is 9.90. The highest BCUT2D eigenvalue weighted by molar-refractivity contribution is 8.26. The molecule has 8 heteroatoms. The highest BCUT2D eigenvalue weighted by Crippen LogP contribution is 2.32. The number of nitrogens with one attached hydrogen (secondary N) is 1. The number of hydrazone groups is 1. The molecule has 1 aromatic heterocycles. The van der Waals surface area contributed by atoms with Gasteiger partial charge in [0.05, 0.1) is 17.9 Å². The first-order chi connectivity index (χ1) is 15.3. The maximum Gasteiger partial charge on any atom is 0.283 e. The number of carbonyl (C=O) groups is 1. The molecule has 0 aliphatic carbocycles. The predicted octanol–water partition coefficient (Wildman–Crippen LogP) is 5.16. The van der Waals surface area contributed by atoms with Gasteiger partial charge in [0, 0.05) is 17.8 Å². The van der Waals surface area contributed by atoms with Crippen LogP contribution in [0.1, 0.15) is 44.1 Å². The number of amidine groups is 2. The second-order valence-corrected chi connectivity index (χ2v) is 9.21. The van der Waals surface area contributed by atoms with Crippen molar-refractivity contribution >= 4 is 39.8 Å². The molecule has 1 amide bonds. The topological polar surface area (TPSA) is 83.0 Å². The van der Waals surface area contributed by atoms with Crippen LogP contribution in [-0.4, -0.2) is 38.1 Å². The van der Waals surface area contributed by atoms with Crippen LogP contribution in [0.2, 0.25) is 0 Å². The summed E-state index contributed by atoms with van der Waals surface area (Å²) in [4.78, 5) is 17.0. The molecule has 32 heavy (non-hydrogen) atoms. The molecule has 0 atom stereocenters. The molecule has 0 unspecified atom stereocenters. The third-order valence-electron chi connectivity index (χ3n) is 5.26. The van der Waals surface area contributed by atoms with Gasteiger partial charge < -0.3 is 9.30 Å². The SMILES string of the molecule is CCOc1ccccc1-n1c(C)cc(/C=C2/C(=N)N3N=C(CC(C)C)SC3=NC2=O)c1C. The molecule has 166 valence electrons. The van der Waals surface area contributed by atoms with Crippen molar-refractivity contribution in [3.63, 3.8) is 0 Å². The lowest BCUT2D eigenvalue weighted by Gasteiger charge is -2.20. The highest BCUT2D eigenvalue weighted by atomic mass is 32.2. The minimum atomic E-state index is -0.408. The van der Waals surface area contributed by atoms with Crippen molar-refractivity contribution in [3.8, 4) is 11.4 Å². The molecule has 0 spiro atoms. The molecule has 0 saturated heterocycles. The summed E-state index contributed by atoms with van der Waals surface area (Å²) in [7, 11) is 0. The average molecular weight is 450 g/mol. The third-order valence-corrected chi connectivity index (χ3v) is 6.19. The van der Waals surface area contributed by atoms with Gasteiger partial charge in [-0.2, -0.15) is 15.1 Å². The Labute approximate surface area is 192 Å². The Balaban J connectivity index is 1.72. The van der Waals surface area contributed by atoms with Gasteiger partial charge in [0.25, 0.3) is 5.91 Å². The van der Waals surface area contributed by atoms with Crippen LogP contribution in [0, 0.1) is 25.2 Å². The van der Waals surface area contributed by atoms with E-state index < -0.39 is 5.91 Å². The van der Waals surface area contributed by atoms with E-state index in [4.69, 9.17) is 10.1 Å². The minimum absolute atomic E-state index is 0.0609.